The van der Waals surface area contributed by atoms with Crippen LogP contribution in [-0.2, 0) is 6.42 Å². The lowest BCUT2D eigenvalue weighted by molar-refractivity contribution is 0.140. The first-order valence-corrected chi connectivity index (χ1v) is 5.55. The minimum absolute atomic E-state index is 0.231. The smallest absolute Gasteiger partial charge is 0.137 e. The van der Waals surface area contributed by atoms with Gasteiger partial charge in [-0.05, 0) is 53.2 Å². The average Bonchev–Trinajstić information content (AvgIpc) is 2.88. The molecule has 3 heteroatoms. The molecule has 2 rings (SSSR count). The summed E-state index contributed by atoms with van der Waals surface area (Å²) in [5, 5.41) is 9.64. The van der Waals surface area contributed by atoms with Crippen LogP contribution >= 0.6 is 15.9 Å². The lowest BCUT2D eigenvalue weighted by atomic mass is 10.1. The summed E-state index contributed by atoms with van der Waals surface area (Å²) in [5.74, 6) is -0.231. The molecular formula is C11H12BrFO. The summed E-state index contributed by atoms with van der Waals surface area (Å²) < 4.78 is 13.6. The fourth-order valence-electron chi connectivity index (χ4n) is 1.50. The third-order valence-electron chi connectivity index (χ3n) is 2.72. The van der Waals surface area contributed by atoms with Crippen LogP contribution in [0.5, 0.6) is 0 Å². The molecule has 1 fully saturated rings. The predicted molar refractivity (Wildman–Crippen MR) is 56.6 cm³/mol. The van der Waals surface area contributed by atoms with Gasteiger partial charge in [-0.25, -0.2) is 4.39 Å². The van der Waals surface area contributed by atoms with E-state index in [2.05, 4.69) is 15.9 Å². The van der Waals surface area contributed by atoms with Gasteiger partial charge in [0.05, 0.1) is 10.1 Å². The van der Waals surface area contributed by atoms with E-state index in [-0.39, 0.29) is 5.82 Å². The molecule has 0 radical (unpaired) electrons. The minimum atomic E-state index is -0.453. The van der Waals surface area contributed by atoms with Gasteiger partial charge in [0.25, 0.3) is 0 Å². The first-order valence-electron chi connectivity index (χ1n) is 4.76. The summed E-state index contributed by atoms with van der Waals surface area (Å²) in [6, 6.07) is 5.02. The van der Waals surface area contributed by atoms with Gasteiger partial charge in [0.15, 0.2) is 0 Å². The van der Waals surface area contributed by atoms with Crippen molar-refractivity contribution in [3.05, 3.63) is 34.1 Å². The van der Waals surface area contributed by atoms with Gasteiger partial charge in [-0.3, -0.25) is 0 Å². The minimum Gasteiger partial charge on any atom is -0.390 e. The van der Waals surface area contributed by atoms with Crippen LogP contribution in [0.3, 0.4) is 0 Å². The summed E-state index contributed by atoms with van der Waals surface area (Å²) >= 11 is 3.21. The Hall–Kier alpha value is -0.410. The van der Waals surface area contributed by atoms with E-state index in [0.29, 0.717) is 4.47 Å². The van der Waals surface area contributed by atoms with E-state index < -0.39 is 5.60 Å². The molecule has 1 N–H and O–H groups in total. The molecule has 0 amide bonds. The fourth-order valence-corrected chi connectivity index (χ4v) is 1.97. The zero-order valence-corrected chi connectivity index (χ0v) is 9.35. The maximum atomic E-state index is 13.1. The number of rotatable bonds is 3. The van der Waals surface area contributed by atoms with Crippen molar-refractivity contribution in [3.63, 3.8) is 0 Å². The second-order valence-corrected chi connectivity index (χ2v) is 4.73. The second-order valence-electron chi connectivity index (χ2n) is 3.94. The highest BCUT2D eigenvalue weighted by molar-refractivity contribution is 9.10. The Morgan fingerprint density at radius 2 is 2.14 bits per heavy atom. The molecule has 0 spiro atoms. The number of hydrogen-bond acceptors (Lipinski definition) is 1. The lowest BCUT2D eigenvalue weighted by Gasteiger charge is -2.08. The maximum absolute atomic E-state index is 13.1. The van der Waals surface area contributed by atoms with Gasteiger partial charge in [-0.15, -0.1) is 0 Å². The molecule has 0 heterocycles. The quantitative estimate of drug-likeness (QED) is 0.884. The number of benzene rings is 1. The van der Waals surface area contributed by atoms with E-state index in [9.17, 15) is 9.50 Å². The van der Waals surface area contributed by atoms with E-state index >= 15 is 0 Å². The number of hydrogen-bond donors (Lipinski definition) is 1. The highest BCUT2D eigenvalue weighted by Gasteiger charge is 2.39. The van der Waals surface area contributed by atoms with Crippen molar-refractivity contribution in [2.24, 2.45) is 0 Å². The first kappa shape index (κ1) is 10.1. The molecular weight excluding hydrogens is 247 g/mol. The summed E-state index contributed by atoms with van der Waals surface area (Å²) in [4.78, 5) is 0. The Morgan fingerprint density at radius 1 is 1.43 bits per heavy atom. The van der Waals surface area contributed by atoms with Crippen molar-refractivity contribution in [2.75, 3.05) is 0 Å². The third-order valence-corrected chi connectivity index (χ3v) is 3.61. The summed E-state index contributed by atoms with van der Waals surface area (Å²) in [6.07, 6.45) is 3.24. The molecule has 1 aromatic rings. The van der Waals surface area contributed by atoms with E-state index in [0.717, 1.165) is 31.2 Å². The van der Waals surface area contributed by atoms with Gasteiger partial charge in [-0.1, -0.05) is 12.1 Å². The molecule has 14 heavy (non-hydrogen) atoms. The summed E-state index contributed by atoms with van der Waals surface area (Å²) in [7, 11) is 0. The van der Waals surface area contributed by atoms with Crippen LogP contribution in [-0.4, -0.2) is 10.7 Å². The van der Waals surface area contributed by atoms with Crippen molar-refractivity contribution in [3.8, 4) is 0 Å². The van der Waals surface area contributed by atoms with Crippen LogP contribution in [0.2, 0.25) is 0 Å². The molecule has 0 aromatic heterocycles. The van der Waals surface area contributed by atoms with Crippen molar-refractivity contribution in [2.45, 2.75) is 31.3 Å². The molecule has 0 saturated heterocycles. The Labute approximate surface area is 91.1 Å². The molecule has 1 aliphatic carbocycles. The van der Waals surface area contributed by atoms with Gasteiger partial charge in [0, 0.05) is 0 Å². The van der Waals surface area contributed by atoms with E-state index in [4.69, 9.17) is 0 Å². The monoisotopic (exact) mass is 258 g/mol. The molecule has 1 saturated carbocycles. The zero-order chi connectivity index (χ0) is 10.2. The van der Waals surface area contributed by atoms with Crippen molar-refractivity contribution in [1.29, 1.82) is 0 Å². The molecule has 76 valence electrons. The molecule has 1 aromatic carbocycles. The van der Waals surface area contributed by atoms with Crippen LogP contribution < -0.4 is 0 Å². The van der Waals surface area contributed by atoms with Gasteiger partial charge in [0.2, 0.25) is 0 Å². The standard InChI is InChI=1S/C11H12BrFO/c12-10-8(2-1-3-9(10)13)4-5-11(14)6-7-11/h1-3,14H,4-7H2. The van der Waals surface area contributed by atoms with Gasteiger partial charge < -0.3 is 5.11 Å². The van der Waals surface area contributed by atoms with Crippen molar-refractivity contribution < 1.29 is 9.50 Å². The third kappa shape index (κ3) is 2.15. The Morgan fingerprint density at radius 3 is 2.79 bits per heavy atom. The largest absolute Gasteiger partial charge is 0.390 e. The van der Waals surface area contributed by atoms with Gasteiger partial charge >= 0.3 is 0 Å². The van der Waals surface area contributed by atoms with E-state index in [1.54, 1.807) is 6.07 Å². The van der Waals surface area contributed by atoms with Crippen LogP contribution in [0.25, 0.3) is 0 Å². The topological polar surface area (TPSA) is 20.2 Å². The Kier molecular flexibility index (Phi) is 2.62. The van der Waals surface area contributed by atoms with Crippen LogP contribution in [0, 0.1) is 5.82 Å². The van der Waals surface area contributed by atoms with Crippen LogP contribution in [0.4, 0.5) is 4.39 Å². The average molecular weight is 259 g/mol. The molecule has 1 nitrogen and oxygen atoms in total. The van der Waals surface area contributed by atoms with Crippen LogP contribution in [0.1, 0.15) is 24.8 Å². The highest BCUT2D eigenvalue weighted by Crippen LogP contribution is 2.39. The first-order chi connectivity index (χ1) is 6.61. The normalized spacial score (nSPS) is 18.2. The molecule has 0 aliphatic heterocycles. The summed E-state index contributed by atoms with van der Waals surface area (Å²) in [5.41, 5.74) is 0.483. The Bertz CT molecular complexity index is 347. The molecule has 0 unspecified atom stereocenters. The highest BCUT2D eigenvalue weighted by atomic mass is 79.9. The SMILES string of the molecule is OC1(CCc2cccc(F)c2Br)CC1. The van der Waals surface area contributed by atoms with Crippen molar-refractivity contribution in [1.82, 2.24) is 0 Å². The Balaban J connectivity index is 2.05. The van der Waals surface area contributed by atoms with Gasteiger partial charge in [0.1, 0.15) is 5.82 Å². The van der Waals surface area contributed by atoms with E-state index in [1.165, 1.54) is 6.07 Å². The number of aryl methyl sites for hydroxylation is 1. The van der Waals surface area contributed by atoms with Crippen LogP contribution in [0.15, 0.2) is 22.7 Å². The van der Waals surface area contributed by atoms with E-state index in [1.807, 2.05) is 6.07 Å². The van der Waals surface area contributed by atoms with Gasteiger partial charge in [-0.2, -0.15) is 0 Å². The summed E-state index contributed by atoms with van der Waals surface area (Å²) in [6.45, 7) is 0. The molecule has 1 aliphatic rings. The second kappa shape index (κ2) is 3.63. The predicted octanol–water partition coefficient (Wildman–Crippen LogP) is 3.05. The maximum Gasteiger partial charge on any atom is 0.137 e. The molecule has 0 bridgehead atoms. The fraction of sp³-hybridized carbons (Fsp3) is 0.455. The zero-order valence-electron chi connectivity index (χ0n) is 7.76. The van der Waals surface area contributed by atoms with Crippen molar-refractivity contribution >= 4 is 15.9 Å². The number of halogens is 2. The number of aliphatic hydroxyl groups is 1. The molecule has 0 atom stereocenters. The lowest BCUT2D eigenvalue weighted by Crippen LogP contribution is -2.08.